The third-order valence-electron chi connectivity index (χ3n) is 3.85. The molecule has 3 N–H and O–H groups in total. The summed E-state index contributed by atoms with van der Waals surface area (Å²) >= 11 is 0. The van der Waals surface area contributed by atoms with Gasteiger partial charge in [-0.1, -0.05) is 6.07 Å². The van der Waals surface area contributed by atoms with Crippen LogP contribution in [0.25, 0.3) is 0 Å². The lowest BCUT2D eigenvalue weighted by Crippen LogP contribution is -2.38. The van der Waals surface area contributed by atoms with E-state index >= 15 is 0 Å². The van der Waals surface area contributed by atoms with Gasteiger partial charge >= 0.3 is 6.03 Å². The van der Waals surface area contributed by atoms with Crippen LogP contribution >= 0.6 is 0 Å². The Morgan fingerprint density at radius 1 is 1.21 bits per heavy atom. The first-order valence-corrected chi connectivity index (χ1v) is 8.28. The van der Waals surface area contributed by atoms with E-state index in [0.29, 0.717) is 17.9 Å². The van der Waals surface area contributed by atoms with Gasteiger partial charge in [-0.05, 0) is 37.6 Å². The Morgan fingerprint density at radius 3 is 2.67 bits per heavy atom. The number of urea groups is 1. The van der Waals surface area contributed by atoms with Crippen molar-refractivity contribution >= 4 is 23.3 Å². The van der Waals surface area contributed by atoms with E-state index in [9.17, 15) is 9.59 Å². The van der Waals surface area contributed by atoms with Crippen molar-refractivity contribution in [3.63, 3.8) is 0 Å². The maximum Gasteiger partial charge on any atom is 0.319 e. The molecule has 7 heteroatoms. The molecule has 0 radical (unpaired) electrons. The number of rotatable bonds is 6. The van der Waals surface area contributed by atoms with Crippen LogP contribution in [0.15, 0.2) is 18.2 Å². The summed E-state index contributed by atoms with van der Waals surface area (Å²) in [4.78, 5) is 25.5. The number of anilines is 2. The van der Waals surface area contributed by atoms with Crippen LogP contribution in [0.4, 0.5) is 16.2 Å². The second-order valence-corrected chi connectivity index (χ2v) is 5.90. The first-order chi connectivity index (χ1) is 11.5. The number of aryl methyl sites for hydroxylation is 1. The molecule has 0 bridgehead atoms. The predicted octanol–water partition coefficient (Wildman–Crippen LogP) is 1.80. The van der Waals surface area contributed by atoms with Crippen LogP contribution in [0.5, 0.6) is 0 Å². The number of carbonyl (C=O) groups excluding carboxylic acids is 2. The van der Waals surface area contributed by atoms with Gasteiger partial charge in [0.2, 0.25) is 5.91 Å². The van der Waals surface area contributed by atoms with Gasteiger partial charge in [0.25, 0.3) is 0 Å². The van der Waals surface area contributed by atoms with Crippen molar-refractivity contribution in [1.29, 1.82) is 0 Å². The second kappa shape index (κ2) is 9.24. The molecule has 1 aliphatic heterocycles. The van der Waals surface area contributed by atoms with Gasteiger partial charge in [0.05, 0.1) is 13.2 Å². The Hall–Kier alpha value is -2.12. The Morgan fingerprint density at radius 2 is 1.96 bits per heavy atom. The molecule has 132 valence electrons. The normalized spacial score (nSPS) is 14.9. The fourth-order valence-electron chi connectivity index (χ4n) is 2.53. The van der Waals surface area contributed by atoms with Crippen LogP contribution in [0.2, 0.25) is 0 Å². The van der Waals surface area contributed by atoms with Crippen molar-refractivity contribution in [3.8, 4) is 0 Å². The number of ether oxygens (including phenoxy) is 1. The fourth-order valence-corrected chi connectivity index (χ4v) is 2.53. The molecule has 0 spiro atoms. The molecule has 1 aromatic rings. The average Bonchev–Trinajstić information content (AvgIpc) is 2.55. The minimum Gasteiger partial charge on any atom is -0.379 e. The van der Waals surface area contributed by atoms with Crippen molar-refractivity contribution in [2.45, 2.75) is 20.3 Å². The summed E-state index contributed by atoms with van der Waals surface area (Å²) in [7, 11) is 0. The molecule has 1 fully saturated rings. The molecule has 3 amide bonds. The molecular weight excluding hydrogens is 308 g/mol. The Labute approximate surface area is 142 Å². The first-order valence-electron chi connectivity index (χ1n) is 8.28. The molecule has 2 rings (SSSR count). The first kappa shape index (κ1) is 18.2. The summed E-state index contributed by atoms with van der Waals surface area (Å²) < 4.78 is 5.30. The third-order valence-corrected chi connectivity index (χ3v) is 3.85. The van der Waals surface area contributed by atoms with Crippen LogP contribution in [0.1, 0.15) is 18.9 Å². The molecule has 1 aromatic carbocycles. The highest BCUT2D eigenvalue weighted by Gasteiger charge is 2.10. The SMILES string of the molecule is CC(=O)Nc1cc(NC(=O)NCCCN2CCOCC2)ccc1C. The number of morpholine rings is 1. The van der Waals surface area contributed by atoms with Gasteiger partial charge < -0.3 is 20.7 Å². The number of nitrogens with zero attached hydrogens (tertiary/aromatic N) is 1. The highest BCUT2D eigenvalue weighted by atomic mass is 16.5. The molecule has 0 unspecified atom stereocenters. The molecule has 1 aliphatic rings. The maximum absolute atomic E-state index is 11.9. The molecule has 1 heterocycles. The van der Waals surface area contributed by atoms with E-state index in [2.05, 4.69) is 20.9 Å². The van der Waals surface area contributed by atoms with Crippen LogP contribution in [0, 0.1) is 6.92 Å². The van der Waals surface area contributed by atoms with E-state index in [-0.39, 0.29) is 11.9 Å². The van der Waals surface area contributed by atoms with E-state index in [0.717, 1.165) is 44.8 Å². The van der Waals surface area contributed by atoms with Gasteiger partial charge in [0, 0.05) is 37.9 Å². The maximum atomic E-state index is 11.9. The molecular formula is C17H26N4O3. The van der Waals surface area contributed by atoms with E-state index in [1.165, 1.54) is 6.92 Å². The predicted molar refractivity (Wildman–Crippen MR) is 94.4 cm³/mol. The van der Waals surface area contributed by atoms with Crippen molar-refractivity contribution in [2.75, 3.05) is 50.0 Å². The number of benzene rings is 1. The minimum atomic E-state index is -0.241. The Kier molecular flexibility index (Phi) is 7.02. The highest BCUT2D eigenvalue weighted by molar-refractivity contribution is 5.93. The number of amides is 3. The van der Waals surface area contributed by atoms with E-state index in [4.69, 9.17) is 4.74 Å². The molecule has 0 aliphatic carbocycles. The second-order valence-electron chi connectivity index (χ2n) is 5.90. The zero-order chi connectivity index (χ0) is 17.4. The summed E-state index contributed by atoms with van der Waals surface area (Å²) in [6, 6.07) is 5.19. The van der Waals surface area contributed by atoms with Crippen LogP contribution in [-0.2, 0) is 9.53 Å². The molecule has 0 atom stereocenters. The van der Waals surface area contributed by atoms with Gasteiger partial charge in [-0.3, -0.25) is 9.69 Å². The Balaban J connectivity index is 1.72. The molecule has 0 saturated carbocycles. The van der Waals surface area contributed by atoms with E-state index in [1.54, 1.807) is 6.07 Å². The highest BCUT2D eigenvalue weighted by Crippen LogP contribution is 2.20. The number of hydrogen-bond donors (Lipinski definition) is 3. The van der Waals surface area contributed by atoms with Crippen molar-refractivity contribution in [2.24, 2.45) is 0 Å². The van der Waals surface area contributed by atoms with Crippen molar-refractivity contribution < 1.29 is 14.3 Å². The largest absolute Gasteiger partial charge is 0.379 e. The van der Waals surface area contributed by atoms with Gasteiger partial charge in [-0.15, -0.1) is 0 Å². The monoisotopic (exact) mass is 334 g/mol. The summed E-state index contributed by atoms with van der Waals surface area (Å²) in [6.45, 7) is 8.44. The topological polar surface area (TPSA) is 82.7 Å². The molecule has 24 heavy (non-hydrogen) atoms. The lowest BCUT2D eigenvalue weighted by atomic mass is 10.2. The zero-order valence-corrected chi connectivity index (χ0v) is 14.4. The van der Waals surface area contributed by atoms with Crippen LogP contribution in [-0.4, -0.2) is 56.2 Å². The zero-order valence-electron chi connectivity index (χ0n) is 14.4. The number of carbonyl (C=O) groups is 2. The lowest BCUT2D eigenvalue weighted by molar-refractivity contribution is -0.114. The fraction of sp³-hybridized carbons (Fsp3) is 0.529. The van der Waals surface area contributed by atoms with Gasteiger partial charge in [-0.25, -0.2) is 4.79 Å². The van der Waals surface area contributed by atoms with Gasteiger partial charge in [0.15, 0.2) is 0 Å². The van der Waals surface area contributed by atoms with Crippen molar-refractivity contribution in [1.82, 2.24) is 10.2 Å². The molecule has 7 nitrogen and oxygen atoms in total. The summed E-state index contributed by atoms with van der Waals surface area (Å²) in [5.41, 5.74) is 2.30. The lowest BCUT2D eigenvalue weighted by Gasteiger charge is -2.26. The van der Waals surface area contributed by atoms with Gasteiger partial charge in [0.1, 0.15) is 0 Å². The Bertz CT molecular complexity index is 571. The summed E-state index contributed by atoms with van der Waals surface area (Å²) in [5.74, 6) is -0.136. The van der Waals surface area contributed by atoms with Crippen LogP contribution < -0.4 is 16.0 Å². The molecule has 0 aromatic heterocycles. The summed E-state index contributed by atoms with van der Waals surface area (Å²) in [6.07, 6.45) is 0.901. The molecule has 1 saturated heterocycles. The van der Waals surface area contributed by atoms with E-state index in [1.807, 2.05) is 19.1 Å². The quantitative estimate of drug-likeness (QED) is 0.693. The third kappa shape index (κ3) is 6.17. The standard InChI is InChI=1S/C17H26N4O3/c1-13-4-5-15(12-16(13)19-14(2)22)20-17(23)18-6-3-7-21-8-10-24-11-9-21/h4-5,12H,3,6-11H2,1-2H3,(H,19,22)(H2,18,20,23). The number of nitrogens with one attached hydrogen (secondary N) is 3. The number of hydrogen-bond acceptors (Lipinski definition) is 4. The van der Waals surface area contributed by atoms with E-state index < -0.39 is 0 Å². The van der Waals surface area contributed by atoms with Gasteiger partial charge in [-0.2, -0.15) is 0 Å². The van der Waals surface area contributed by atoms with Crippen molar-refractivity contribution in [3.05, 3.63) is 23.8 Å². The summed E-state index contributed by atoms with van der Waals surface area (Å²) in [5, 5.41) is 8.39. The van der Waals surface area contributed by atoms with Crippen LogP contribution in [0.3, 0.4) is 0 Å². The smallest absolute Gasteiger partial charge is 0.319 e. The minimum absolute atomic E-state index is 0.136. The average molecular weight is 334 g/mol.